The summed E-state index contributed by atoms with van der Waals surface area (Å²) in [5.74, 6) is -0.280. The van der Waals surface area contributed by atoms with Crippen LogP contribution < -0.4 is 10.9 Å². The first-order valence-corrected chi connectivity index (χ1v) is 14.7. The lowest BCUT2D eigenvalue weighted by Gasteiger charge is -2.16. The summed E-state index contributed by atoms with van der Waals surface area (Å²) in [6.07, 6.45) is 1.71. The first-order valence-electron chi connectivity index (χ1n) is 12.9. The summed E-state index contributed by atoms with van der Waals surface area (Å²) in [5.41, 5.74) is 4.85. The molecular weight excluding hydrogens is 542 g/mol. The van der Waals surface area contributed by atoms with Crippen LogP contribution in [-0.4, -0.2) is 34.3 Å². The summed E-state index contributed by atoms with van der Waals surface area (Å²) in [7, 11) is 1.36. The second kappa shape index (κ2) is 11.1. The second-order valence-electron chi connectivity index (χ2n) is 9.30. The van der Waals surface area contributed by atoms with Gasteiger partial charge in [-0.05, 0) is 53.8 Å². The van der Waals surface area contributed by atoms with Crippen LogP contribution in [0.25, 0.3) is 27.0 Å². The predicted octanol–water partition coefficient (Wildman–Crippen LogP) is 6.12. The fraction of sp³-hybridized carbons (Fsp3) is 0.161. The molecule has 7 nitrogen and oxygen atoms in total. The molecule has 6 rings (SSSR count). The van der Waals surface area contributed by atoms with E-state index in [0.717, 1.165) is 22.4 Å². The first kappa shape index (κ1) is 26.0. The molecule has 0 bridgehead atoms. The second-order valence-corrected chi connectivity index (χ2v) is 11.4. The highest BCUT2D eigenvalue weighted by Gasteiger charge is 2.29. The molecule has 2 aromatic heterocycles. The van der Waals surface area contributed by atoms with Gasteiger partial charge in [-0.3, -0.25) is 14.2 Å². The van der Waals surface area contributed by atoms with Gasteiger partial charge < -0.3 is 10.1 Å². The van der Waals surface area contributed by atoms with Crippen LogP contribution in [0.5, 0.6) is 0 Å². The number of esters is 1. The fourth-order valence-corrected chi connectivity index (χ4v) is 7.25. The normalized spacial score (nSPS) is 12.0. The van der Waals surface area contributed by atoms with Gasteiger partial charge in [-0.2, -0.15) is 0 Å². The Balaban J connectivity index is 1.24. The van der Waals surface area contributed by atoms with Crippen LogP contribution in [0.4, 0.5) is 5.00 Å². The number of fused-ring (bicyclic) bond motifs is 4. The van der Waals surface area contributed by atoms with Crippen molar-refractivity contribution in [3.63, 3.8) is 0 Å². The Labute approximate surface area is 238 Å². The first-order chi connectivity index (χ1) is 19.5. The highest BCUT2D eigenvalue weighted by molar-refractivity contribution is 7.99. The van der Waals surface area contributed by atoms with E-state index in [1.54, 1.807) is 10.6 Å². The molecular formula is C31H25N3O4S2. The summed E-state index contributed by atoms with van der Waals surface area (Å²) >= 11 is 2.76. The number of nitrogens with one attached hydrogen (secondary N) is 1. The molecule has 0 radical (unpaired) electrons. The van der Waals surface area contributed by atoms with E-state index in [4.69, 9.17) is 9.72 Å². The number of thioether (sulfide) groups is 1. The average Bonchev–Trinajstić information content (AvgIpc) is 3.35. The molecule has 1 N–H and O–H groups in total. The molecule has 1 aliphatic carbocycles. The number of carbonyl (C=O) groups is 2. The molecule has 1 aliphatic rings. The molecule has 0 spiro atoms. The molecule has 0 saturated heterocycles. The van der Waals surface area contributed by atoms with Crippen molar-refractivity contribution in [2.45, 2.75) is 24.4 Å². The van der Waals surface area contributed by atoms with E-state index in [0.29, 0.717) is 44.5 Å². The summed E-state index contributed by atoms with van der Waals surface area (Å²) in [5, 5.41) is 4.52. The number of ether oxygens (including phenoxy) is 1. The van der Waals surface area contributed by atoms with E-state index < -0.39 is 5.97 Å². The largest absolute Gasteiger partial charge is 0.465 e. The molecule has 0 atom stereocenters. The molecule has 2 heterocycles. The minimum absolute atomic E-state index is 0.157. The van der Waals surface area contributed by atoms with Crippen LogP contribution >= 0.6 is 23.1 Å². The summed E-state index contributed by atoms with van der Waals surface area (Å²) < 4.78 is 6.67. The molecule has 0 aliphatic heterocycles. The van der Waals surface area contributed by atoms with Crippen LogP contribution in [0.3, 0.4) is 0 Å². The number of anilines is 1. The number of aromatic nitrogens is 2. The molecule has 3 aromatic carbocycles. The maximum absolute atomic E-state index is 13.4. The lowest BCUT2D eigenvalue weighted by Crippen LogP contribution is -2.22. The minimum atomic E-state index is -0.450. The van der Waals surface area contributed by atoms with Gasteiger partial charge in [-0.1, -0.05) is 66.4 Å². The monoisotopic (exact) mass is 567 g/mol. The van der Waals surface area contributed by atoms with Gasteiger partial charge in [-0.15, -0.1) is 11.3 Å². The van der Waals surface area contributed by atoms with Gasteiger partial charge in [0.15, 0.2) is 5.16 Å². The van der Waals surface area contributed by atoms with E-state index >= 15 is 0 Å². The van der Waals surface area contributed by atoms with Crippen LogP contribution in [-0.2, 0) is 22.4 Å². The molecule has 1 amide bonds. The number of thiophene rings is 1. The van der Waals surface area contributed by atoms with Crippen LogP contribution in [0, 0.1) is 0 Å². The van der Waals surface area contributed by atoms with Crippen molar-refractivity contribution in [3.05, 3.63) is 106 Å². The lowest BCUT2D eigenvalue weighted by molar-refractivity contribution is -0.115. The molecule has 40 heavy (non-hydrogen) atoms. The zero-order valence-corrected chi connectivity index (χ0v) is 23.3. The number of para-hydroxylation sites is 2. The Morgan fingerprint density at radius 2 is 1.75 bits per heavy atom. The maximum Gasteiger partial charge on any atom is 0.341 e. The van der Waals surface area contributed by atoms with E-state index in [1.165, 1.54) is 35.8 Å². The van der Waals surface area contributed by atoms with Gasteiger partial charge in [0.25, 0.3) is 5.56 Å². The minimum Gasteiger partial charge on any atom is -0.465 e. The molecule has 0 unspecified atom stereocenters. The Kier molecular flexibility index (Phi) is 7.23. The highest BCUT2D eigenvalue weighted by atomic mass is 32.2. The van der Waals surface area contributed by atoms with Crippen LogP contribution in [0.2, 0.25) is 0 Å². The van der Waals surface area contributed by atoms with Crippen molar-refractivity contribution >= 4 is 50.9 Å². The summed E-state index contributed by atoms with van der Waals surface area (Å²) in [6.45, 7) is 0. The van der Waals surface area contributed by atoms with Crippen LogP contribution in [0.15, 0.2) is 88.8 Å². The average molecular weight is 568 g/mol. The standard InChI is InChI=1S/C31H25N3O4S2/c1-38-30(37)26-23-16-15-19-9-5-6-12-21(19)27(23)40-28(26)33-25(35)17-18-39-31-32-24-14-8-7-13-22(24)29(36)34(31)20-10-3-2-4-11-20/h2-14H,15-18H2,1H3,(H,33,35). The number of methoxy groups -OCH3 is 1. The third kappa shape index (κ3) is 4.82. The molecule has 200 valence electrons. The summed E-state index contributed by atoms with van der Waals surface area (Å²) in [6, 6.07) is 24.8. The van der Waals surface area contributed by atoms with Crippen molar-refractivity contribution in [2.75, 3.05) is 18.2 Å². The number of hydrogen-bond donors (Lipinski definition) is 1. The molecule has 9 heteroatoms. The van der Waals surface area contributed by atoms with Crippen LogP contribution in [0.1, 0.15) is 27.9 Å². The zero-order chi connectivity index (χ0) is 27.6. The Bertz CT molecular complexity index is 1810. The van der Waals surface area contributed by atoms with Crippen molar-refractivity contribution in [3.8, 4) is 16.1 Å². The number of amides is 1. The fourth-order valence-electron chi connectivity index (χ4n) is 4.98. The Hall–Kier alpha value is -4.21. The predicted molar refractivity (Wildman–Crippen MR) is 160 cm³/mol. The number of benzene rings is 3. The van der Waals surface area contributed by atoms with Crippen molar-refractivity contribution in [1.29, 1.82) is 0 Å². The van der Waals surface area contributed by atoms with Gasteiger partial charge in [0, 0.05) is 17.1 Å². The third-order valence-corrected chi connectivity index (χ3v) is 9.00. The van der Waals surface area contributed by atoms with Gasteiger partial charge in [0.1, 0.15) is 5.00 Å². The third-order valence-electron chi connectivity index (χ3n) is 6.88. The number of carbonyl (C=O) groups excluding carboxylic acids is 2. The van der Waals surface area contributed by atoms with E-state index in [1.807, 2.05) is 60.7 Å². The topological polar surface area (TPSA) is 90.3 Å². The quantitative estimate of drug-likeness (QED) is 0.145. The van der Waals surface area contributed by atoms with Gasteiger partial charge in [0.05, 0.1) is 29.3 Å². The smallest absolute Gasteiger partial charge is 0.341 e. The van der Waals surface area contributed by atoms with Gasteiger partial charge in [0.2, 0.25) is 5.91 Å². The number of hydrogen-bond acceptors (Lipinski definition) is 7. The zero-order valence-electron chi connectivity index (χ0n) is 21.7. The highest BCUT2D eigenvalue weighted by Crippen LogP contribution is 2.45. The molecule has 5 aromatic rings. The van der Waals surface area contributed by atoms with Crippen molar-refractivity contribution in [1.82, 2.24) is 9.55 Å². The SMILES string of the molecule is COC(=O)c1c(NC(=O)CCSc2nc3ccccc3c(=O)n2-c2ccccc2)sc2c1CCc1ccccc1-2. The number of aryl methyl sites for hydroxylation is 1. The summed E-state index contributed by atoms with van der Waals surface area (Å²) in [4.78, 5) is 45.0. The number of nitrogens with zero attached hydrogens (tertiary/aromatic N) is 2. The van der Waals surface area contributed by atoms with E-state index in [9.17, 15) is 14.4 Å². The number of rotatable bonds is 7. The van der Waals surface area contributed by atoms with Gasteiger partial charge in [-0.25, -0.2) is 9.78 Å². The van der Waals surface area contributed by atoms with Crippen molar-refractivity contribution < 1.29 is 14.3 Å². The van der Waals surface area contributed by atoms with E-state index in [2.05, 4.69) is 17.4 Å². The van der Waals surface area contributed by atoms with Gasteiger partial charge >= 0.3 is 5.97 Å². The lowest BCUT2D eigenvalue weighted by atomic mass is 9.89. The molecule has 0 saturated carbocycles. The Morgan fingerprint density at radius 1 is 1.00 bits per heavy atom. The van der Waals surface area contributed by atoms with Crippen molar-refractivity contribution in [2.24, 2.45) is 0 Å². The maximum atomic E-state index is 13.4. The van der Waals surface area contributed by atoms with E-state index in [-0.39, 0.29) is 17.9 Å². The molecule has 0 fully saturated rings. The Morgan fingerprint density at radius 3 is 2.58 bits per heavy atom.